The van der Waals surface area contributed by atoms with E-state index in [1.54, 1.807) is 12.1 Å². The van der Waals surface area contributed by atoms with Crippen LogP contribution in [0.25, 0.3) is 22.3 Å². The Bertz CT molecular complexity index is 879. The van der Waals surface area contributed by atoms with E-state index in [9.17, 15) is 4.79 Å². The van der Waals surface area contributed by atoms with E-state index in [2.05, 4.69) is 0 Å². The number of fused-ring (bicyclic) bond motifs is 2. The molecule has 0 saturated carbocycles. The van der Waals surface area contributed by atoms with Gasteiger partial charge in [0.05, 0.1) is 17.6 Å². The normalized spacial score (nSPS) is 13.7. The average molecular weight is 280 g/mol. The van der Waals surface area contributed by atoms with Gasteiger partial charge in [-0.25, -0.2) is 0 Å². The first kappa shape index (κ1) is 12.2. The quantitative estimate of drug-likeness (QED) is 0.686. The fourth-order valence-corrected chi connectivity index (χ4v) is 2.55. The fraction of sp³-hybridized carbons (Fsp3) is 0.118. The summed E-state index contributed by atoms with van der Waals surface area (Å²) in [7, 11) is 0. The zero-order valence-corrected chi connectivity index (χ0v) is 11.2. The van der Waals surface area contributed by atoms with Crippen molar-refractivity contribution in [3.8, 4) is 17.1 Å². The average Bonchev–Trinajstić information content (AvgIpc) is 2.54. The second-order valence-electron chi connectivity index (χ2n) is 4.88. The smallest absolute Gasteiger partial charge is 0.193 e. The molecule has 0 N–H and O–H groups in total. The van der Waals surface area contributed by atoms with Gasteiger partial charge in [0.25, 0.3) is 0 Å². The second kappa shape index (κ2) is 4.75. The summed E-state index contributed by atoms with van der Waals surface area (Å²) in [6.07, 6.45) is 0. The lowest BCUT2D eigenvalue weighted by molar-refractivity contribution is -0.0159. The molecule has 0 bridgehead atoms. The second-order valence-corrected chi connectivity index (χ2v) is 4.88. The van der Waals surface area contributed by atoms with Crippen LogP contribution in [0.3, 0.4) is 0 Å². The van der Waals surface area contributed by atoms with Crippen molar-refractivity contribution in [2.75, 3.05) is 6.79 Å². The summed E-state index contributed by atoms with van der Waals surface area (Å²) < 4.78 is 16.7. The Morgan fingerprint density at radius 3 is 2.86 bits per heavy atom. The van der Waals surface area contributed by atoms with Crippen LogP contribution >= 0.6 is 0 Å². The topological polar surface area (TPSA) is 48.7 Å². The van der Waals surface area contributed by atoms with Crippen LogP contribution in [0.2, 0.25) is 0 Å². The van der Waals surface area contributed by atoms with Crippen LogP contribution in [-0.2, 0) is 11.3 Å². The molecule has 0 spiro atoms. The predicted molar refractivity (Wildman–Crippen MR) is 78.2 cm³/mol. The van der Waals surface area contributed by atoms with Gasteiger partial charge in [0.15, 0.2) is 12.2 Å². The van der Waals surface area contributed by atoms with Gasteiger partial charge in [0.2, 0.25) is 0 Å². The molecule has 3 aromatic rings. The summed E-state index contributed by atoms with van der Waals surface area (Å²) in [5.74, 6) is 1.24. The molecule has 2 heterocycles. The third-order valence-electron chi connectivity index (χ3n) is 3.54. The van der Waals surface area contributed by atoms with Crippen LogP contribution in [0.1, 0.15) is 5.56 Å². The first-order chi connectivity index (χ1) is 10.3. The minimum atomic E-state index is -0.0588. The maximum atomic E-state index is 12.2. The van der Waals surface area contributed by atoms with Crippen molar-refractivity contribution in [3.63, 3.8) is 0 Å². The van der Waals surface area contributed by atoms with Crippen molar-refractivity contribution < 1.29 is 13.9 Å². The molecule has 0 radical (unpaired) electrons. The Morgan fingerprint density at radius 2 is 1.90 bits per heavy atom. The van der Waals surface area contributed by atoms with Crippen molar-refractivity contribution in [2.24, 2.45) is 0 Å². The Morgan fingerprint density at radius 1 is 1.00 bits per heavy atom. The molecule has 1 aliphatic rings. The summed E-state index contributed by atoms with van der Waals surface area (Å²) in [5.41, 5.74) is 2.24. The van der Waals surface area contributed by atoms with Crippen LogP contribution in [0.5, 0.6) is 5.75 Å². The lowest BCUT2D eigenvalue weighted by atomic mass is 10.1. The molecule has 2 aromatic carbocycles. The highest BCUT2D eigenvalue weighted by Crippen LogP contribution is 2.35. The number of para-hydroxylation sites is 2. The van der Waals surface area contributed by atoms with Crippen molar-refractivity contribution in [1.29, 1.82) is 0 Å². The molecule has 0 unspecified atom stereocenters. The largest absolute Gasteiger partial charge is 0.466 e. The van der Waals surface area contributed by atoms with Gasteiger partial charge in [0.1, 0.15) is 17.1 Å². The molecule has 1 aliphatic heterocycles. The van der Waals surface area contributed by atoms with Gasteiger partial charge in [0, 0.05) is 11.6 Å². The highest BCUT2D eigenvalue weighted by Gasteiger charge is 2.18. The van der Waals surface area contributed by atoms with Crippen molar-refractivity contribution >= 4 is 11.0 Å². The van der Waals surface area contributed by atoms with Gasteiger partial charge >= 0.3 is 0 Å². The fourth-order valence-electron chi connectivity index (χ4n) is 2.55. The molecule has 4 nitrogen and oxygen atoms in total. The first-order valence-corrected chi connectivity index (χ1v) is 6.68. The van der Waals surface area contributed by atoms with E-state index in [-0.39, 0.29) is 12.2 Å². The SMILES string of the molecule is O=c1cc(-c2cccc3c2OCOC3)oc2ccccc12. The summed E-state index contributed by atoms with van der Waals surface area (Å²) in [6.45, 7) is 0.711. The number of ether oxygens (including phenoxy) is 2. The molecule has 104 valence electrons. The summed E-state index contributed by atoms with van der Waals surface area (Å²) >= 11 is 0. The van der Waals surface area contributed by atoms with Gasteiger partial charge in [-0.15, -0.1) is 0 Å². The van der Waals surface area contributed by atoms with Gasteiger partial charge in [-0.05, 0) is 18.2 Å². The van der Waals surface area contributed by atoms with E-state index in [1.165, 1.54) is 6.07 Å². The van der Waals surface area contributed by atoms with E-state index >= 15 is 0 Å². The molecule has 0 amide bonds. The molecule has 4 rings (SSSR count). The monoisotopic (exact) mass is 280 g/mol. The van der Waals surface area contributed by atoms with E-state index < -0.39 is 0 Å². The van der Waals surface area contributed by atoms with Gasteiger partial charge in [-0.3, -0.25) is 4.79 Å². The highest BCUT2D eigenvalue weighted by atomic mass is 16.7. The Kier molecular flexibility index (Phi) is 2.75. The predicted octanol–water partition coefficient (Wildman–Crippen LogP) is 3.33. The molecule has 0 fully saturated rings. The van der Waals surface area contributed by atoms with Gasteiger partial charge < -0.3 is 13.9 Å². The number of benzene rings is 2. The Labute approximate surface area is 120 Å². The number of hydrogen-bond donors (Lipinski definition) is 0. The molecule has 4 heteroatoms. The molecule has 0 atom stereocenters. The lowest BCUT2D eigenvalue weighted by Crippen LogP contribution is -2.12. The Balaban J connectivity index is 1.97. The molecular weight excluding hydrogens is 268 g/mol. The van der Waals surface area contributed by atoms with E-state index in [0.29, 0.717) is 23.3 Å². The number of rotatable bonds is 1. The van der Waals surface area contributed by atoms with Crippen LogP contribution < -0.4 is 10.2 Å². The third-order valence-corrected chi connectivity index (χ3v) is 3.54. The highest BCUT2D eigenvalue weighted by molar-refractivity contribution is 5.79. The van der Waals surface area contributed by atoms with Crippen LogP contribution in [-0.4, -0.2) is 6.79 Å². The summed E-state index contributed by atoms with van der Waals surface area (Å²) in [4.78, 5) is 12.2. The lowest BCUT2D eigenvalue weighted by Gasteiger charge is -2.20. The summed E-state index contributed by atoms with van der Waals surface area (Å²) in [5, 5.41) is 0.579. The Hall–Kier alpha value is -2.59. The molecule has 1 aromatic heterocycles. The van der Waals surface area contributed by atoms with Crippen LogP contribution in [0.4, 0.5) is 0 Å². The van der Waals surface area contributed by atoms with E-state index in [1.807, 2.05) is 30.3 Å². The van der Waals surface area contributed by atoms with E-state index in [4.69, 9.17) is 13.9 Å². The number of hydrogen-bond acceptors (Lipinski definition) is 4. The van der Waals surface area contributed by atoms with Gasteiger partial charge in [-0.1, -0.05) is 24.3 Å². The van der Waals surface area contributed by atoms with Crippen molar-refractivity contribution in [1.82, 2.24) is 0 Å². The molecule has 21 heavy (non-hydrogen) atoms. The molecule has 0 aliphatic carbocycles. The maximum Gasteiger partial charge on any atom is 0.193 e. The minimum absolute atomic E-state index is 0.0588. The minimum Gasteiger partial charge on any atom is -0.466 e. The van der Waals surface area contributed by atoms with Crippen LogP contribution in [0.15, 0.2) is 57.7 Å². The van der Waals surface area contributed by atoms with Crippen LogP contribution in [0, 0.1) is 0 Å². The standard InChI is InChI=1S/C17H12O4/c18-14-8-16(21-15-7-2-1-5-12(14)15)13-6-3-4-11-9-19-10-20-17(11)13/h1-8H,9-10H2. The van der Waals surface area contributed by atoms with E-state index in [0.717, 1.165) is 16.9 Å². The summed E-state index contributed by atoms with van der Waals surface area (Å²) in [6, 6.07) is 14.5. The first-order valence-electron chi connectivity index (χ1n) is 6.68. The zero-order valence-electron chi connectivity index (χ0n) is 11.2. The maximum absolute atomic E-state index is 12.2. The van der Waals surface area contributed by atoms with Crippen molar-refractivity contribution in [2.45, 2.75) is 6.61 Å². The third kappa shape index (κ3) is 2.00. The van der Waals surface area contributed by atoms with Crippen molar-refractivity contribution in [3.05, 3.63) is 64.3 Å². The zero-order chi connectivity index (χ0) is 14.2. The van der Waals surface area contributed by atoms with Gasteiger partial charge in [-0.2, -0.15) is 0 Å². The molecule has 0 saturated heterocycles. The molecular formula is C17H12O4.